The first-order valence-corrected chi connectivity index (χ1v) is 16.6. The Labute approximate surface area is 203 Å². The van der Waals surface area contributed by atoms with Gasteiger partial charge in [-0.1, -0.05) is 9.35 Å². The fraction of sp³-hybridized carbons (Fsp3) is 0.692. The molecule has 0 bridgehead atoms. The minimum atomic E-state index is -5.02. The molecule has 36 heavy (non-hydrogen) atoms. The number of hydrogen-bond acceptors (Lipinski definition) is 17. The summed E-state index contributed by atoms with van der Waals surface area (Å²) in [5.74, 6) is -2.79. The lowest BCUT2D eigenvalue weighted by Gasteiger charge is -2.41. The van der Waals surface area contributed by atoms with E-state index in [0.717, 1.165) is 19.4 Å². The second-order valence-electron chi connectivity index (χ2n) is 7.42. The zero-order chi connectivity index (χ0) is 27.5. The molecule has 6 atom stereocenters. The standard InChI is InChI=1S/C13H24N2O17P4/c1-28-35(26,6-33(21,22)7-36(27,31-19)32-20)29-4-9-10(16)11(17)12(30-9)15-3-2-8(14-13(15)18)5-34(23,24)25/h2-3,9-12,16-17,19-20H,4-7H2,1H3,(H,21,22)(H2,23,24,25)/p-2/t9-,10-,11-,12-,35?/m1/s1. The topological polar surface area (TPSA) is 315 Å². The molecule has 1 aromatic rings. The Hall–Kier alpha value is -0.200. The molecule has 0 aliphatic carbocycles. The third kappa shape index (κ3) is 8.66. The average Bonchev–Trinajstić information content (AvgIpc) is 3.04. The summed E-state index contributed by atoms with van der Waals surface area (Å²) in [5.41, 5.74) is -1.50. The van der Waals surface area contributed by atoms with E-state index in [2.05, 4.69) is 18.9 Å². The van der Waals surface area contributed by atoms with Gasteiger partial charge in [-0.05, 0) is 6.07 Å². The third-order valence-electron chi connectivity index (χ3n) is 4.61. The van der Waals surface area contributed by atoms with Gasteiger partial charge in [0.05, 0.1) is 19.0 Å². The first kappa shape index (κ1) is 32.0. The average molecular weight is 602 g/mol. The van der Waals surface area contributed by atoms with Crippen molar-refractivity contribution < 1.29 is 77.8 Å². The fourth-order valence-corrected chi connectivity index (χ4v) is 10.8. The maximum atomic E-state index is 12.8. The molecular formula is C13H22N2O17P4-2. The van der Waals surface area contributed by atoms with Gasteiger partial charge in [0.15, 0.2) is 18.0 Å². The third-order valence-corrected chi connectivity index (χ3v) is 13.2. The van der Waals surface area contributed by atoms with Gasteiger partial charge in [-0.2, -0.15) is 12.9 Å². The van der Waals surface area contributed by atoms with Crippen LogP contribution in [0.2, 0.25) is 0 Å². The van der Waals surface area contributed by atoms with Crippen molar-refractivity contribution in [1.29, 1.82) is 0 Å². The van der Waals surface area contributed by atoms with Crippen LogP contribution in [0.3, 0.4) is 0 Å². The lowest BCUT2D eigenvalue weighted by molar-refractivity contribution is -0.428. The largest absolute Gasteiger partial charge is 0.687 e. The summed E-state index contributed by atoms with van der Waals surface area (Å²) in [6, 6.07) is 0.999. The summed E-state index contributed by atoms with van der Waals surface area (Å²) < 4.78 is 34.6. The van der Waals surface area contributed by atoms with Gasteiger partial charge in [-0.3, -0.25) is 9.13 Å². The van der Waals surface area contributed by atoms with Crippen LogP contribution in [0.25, 0.3) is 0 Å². The van der Waals surface area contributed by atoms with E-state index >= 15 is 0 Å². The van der Waals surface area contributed by atoms with E-state index in [1.54, 1.807) is 0 Å². The van der Waals surface area contributed by atoms with Crippen LogP contribution in [-0.4, -0.2) is 79.0 Å². The van der Waals surface area contributed by atoms with Crippen molar-refractivity contribution in [1.82, 2.24) is 9.55 Å². The highest BCUT2D eigenvalue weighted by Gasteiger charge is 2.50. The zero-order valence-corrected chi connectivity index (χ0v) is 21.7. The van der Waals surface area contributed by atoms with Gasteiger partial charge >= 0.3 is 13.6 Å². The minimum Gasteiger partial charge on any atom is -0.687 e. The van der Waals surface area contributed by atoms with Crippen molar-refractivity contribution in [2.24, 2.45) is 0 Å². The molecule has 2 heterocycles. The van der Waals surface area contributed by atoms with E-state index in [1.165, 1.54) is 0 Å². The smallest absolute Gasteiger partial charge is 0.350 e. The first-order chi connectivity index (χ1) is 16.5. The van der Waals surface area contributed by atoms with Gasteiger partial charge in [0.2, 0.25) is 7.94 Å². The molecule has 0 saturated carbocycles. The molecule has 0 radical (unpaired) electrons. The molecule has 1 aliphatic heterocycles. The molecule has 208 valence electrons. The predicted molar refractivity (Wildman–Crippen MR) is 109 cm³/mol. The Kier molecular flexibility index (Phi) is 11.0. The normalized spacial score (nSPS) is 26.5. The lowest BCUT2D eigenvalue weighted by Crippen LogP contribution is -2.37. The zero-order valence-electron chi connectivity index (χ0n) is 18.1. The van der Waals surface area contributed by atoms with E-state index < -0.39 is 86.0 Å². The summed E-state index contributed by atoms with van der Waals surface area (Å²) in [6.07, 6.45) is -6.71. The Balaban J connectivity index is 2.10. The molecule has 0 spiro atoms. The van der Waals surface area contributed by atoms with Gasteiger partial charge in [0, 0.05) is 6.20 Å². The summed E-state index contributed by atoms with van der Waals surface area (Å²) in [7, 11) is -18.3. The highest BCUT2D eigenvalue weighted by molar-refractivity contribution is 7.82. The summed E-state index contributed by atoms with van der Waals surface area (Å²) >= 11 is 0. The molecule has 0 amide bonds. The van der Waals surface area contributed by atoms with Crippen LogP contribution in [0.1, 0.15) is 11.9 Å². The molecule has 2 unspecified atom stereocenters. The van der Waals surface area contributed by atoms with Crippen molar-refractivity contribution in [3.05, 3.63) is 28.4 Å². The second kappa shape index (κ2) is 12.3. The Morgan fingerprint density at radius 3 is 2.19 bits per heavy atom. The van der Waals surface area contributed by atoms with Gasteiger partial charge in [-0.15, -0.1) is 0 Å². The molecule has 23 heteroatoms. The number of hydrogen-bond donors (Lipinski definition) is 5. The summed E-state index contributed by atoms with van der Waals surface area (Å²) in [4.78, 5) is 82.5. The molecule has 2 rings (SSSR count). The predicted octanol–water partition coefficient (Wildman–Crippen LogP) is -4.72. The van der Waals surface area contributed by atoms with Crippen LogP contribution >= 0.6 is 31.2 Å². The minimum absolute atomic E-state index is 0.366. The van der Waals surface area contributed by atoms with Gasteiger partial charge in [0.1, 0.15) is 24.9 Å². The Morgan fingerprint density at radius 2 is 1.69 bits per heavy atom. The van der Waals surface area contributed by atoms with Crippen LogP contribution < -0.4 is 30.2 Å². The maximum absolute atomic E-state index is 12.8. The number of nitrogens with zero attached hydrogens (tertiary/aromatic N) is 2. The number of aliphatic hydroxyl groups is 2. The van der Waals surface area contributed by atoms with Crippen LogP contribution in [0.4, 0.5) is 0 Å². The van der Waals surface area contributed by atoms with Gasteiger partial charge in [-0.25, -0.2) is 24.4 Å². The summed E-state index contributed by atoms with van der Waals surface area (Å²) in [6.45, 7) is -0.833. The second-order valence-corrected chi connectivity index (χ2v) is 16.3. The molecule has 0 aromatic carbocycles. The molecule has 1 aliphatic rings. The molecular weight excluding hydrogens is 580 g/mol. The SMILES string of the molecule is CO[P+]([O-])(CP(=O)(O)C[P+]([O-])(OO)OO)OC[C@H]1O[C@@H](n2ccc(C[P+]([O-])([O-])[O-])nc2=O)[C@H](O)[C@@H]1O. The number of aromatic nitrogens is 2. The van der Waals surface area contributed by atoms with Gasteiger partial charge in [0.25, 0.3) is 7.37 Å². The van der Waals surface area contributed by atoms with Crippen LogP contribution in [0, 0.1) is 0 Å². The van der Waals surface area contributed by atoms with Crippen LogP contribution in [0.5, 0.6) is 0 Å². The Morgan fingerprint density at radius 1 is 1.11 bits per heavy atom. The Bertz CT molecular complexity index is 988. The van der Waals surface area contributed by atoms with Crippen molar-refractivity contribution in [2.45, 2.75) is 30.7 Å². The van der Waals surface area contributed by atoms with Crippen molar-refractivity contribution in [3.8, 4) is 0 Å². The molecule has 1 fully saturated rings. The highest BCUT2D eigenvalue weighted by atomic mass is 31.3. The van der Waals surface area contributed by atoms with E-state index in [1.807, 2.05) is 0 Å². The van der Waals surface area contributed by atoms with Crippen LogP contribution in [0.15, 0.2) is 17.1 Å². The molecule has 5 N–H and O–H groups in total. The lowest BCUT2D eigenvalue weighted by atomic mass is 10.1. The van der Waals surface area contributed by atoms with E-state index in [0.29, 0.717) is 4.57 Å². The van der Waals surface area contributed by atoms with Crippen molar-refractivity contribution >= 4 is 31.2 Å². The first-order valence-electron chi connectivity index (χ1n) is 9.43. The fourth-order valence-electron chi connectivity index (χ4n) is 3.02. The van der Waals surface area contributed by atoms with Crippen LogP contribution in [-0.2, 0) is 33.9 Å². The number of aliphatic hydroxyl groups excluding tert-OH is 2. The van der Waals surface area contributed by atoms with E-state index in [-0.39, 0.29) is 5.69 Å². The van der Waals surface area contributed by atoms with E-state index in [9.17, 15) is 48.9 Å². The molecule has 19 nitrogen and oxygen atoms in total. The maximum Gasteiger partial charge on any atom is 0.350 e. The van der Waals surface area contributed by atoms with Crippen molar-refractivity contribution in [3.63, 3.8) is 0 Å². The molecule has 1 saturated heterocycles. The summed E-state index contributed by atoms with van der Waals surface area (Å²) in [5, 5.41) is 37.4. The number of ether oxygens (including phenoxy) is 1. The number of rotatable bonds is 13. The van der Waals surface area contributed by atoms with E-state index in [4.69, 9.17) is 19.8 Å². The molecule has 1 aromatic heterocycles. The monoisotopic (exact) mass is 602 g/mol. The quantitative estimate of drug-likeness (QED) is 0.0804. The van der Waals surface area contributed by atoms with Crippen molar-refractivity contribution in [2.75, 3.05) is 25.5 Å². The van der Waals surface area contributed by atoms with Gasteiger partial charge < -0.3 is 44.3 Å². The highest BCUT2D eigenvalue weighted by Crippen LogP contribution is 2.70.